The van der Waals surface area contributed by atoms with Crippen molar-refractivity contribution in [3.63, 3.8) is 0 Å². The number of aliphatic hydroxyl groups excluding tert-OH is 2. The summed E-state index contributed by atoms with van der Waals surface area (Å²) in [6.07, 6.45) is -2.26. The van der Waals surface area contributed by atoms with Gasteiger partial charge in [0.2, 0.25) is 10.0 Å². The van der Waals surface area contributed by atoms with E-state index in [2.05, 4.69) is 0 Å². The average molecular weight is 261 g/mol. The Labute approximate surface area is 98.2 Å². The van der Waals surface area contributed by atoms with Crippen molar-refractivity contribution in [3.05, 3.63) is 30.1 Å². The third-order valence-corrected chi connectivity index (χ3v) is 4.54. The van der Waals surface area contributed by atoms with Gasteiger partial charge in [-0.1, -0.05) is 12.1 Å². The first kappa shape index (κ1) is 12.4. The smallest absolute Gasteiger partial charge is 0.246 e. The number of benzene rings is 1. The molecule has 0 aliphatic carbocycles. The molecule has 1 heterocycles. The topological polar surface area (TPSA) is 77.8 Å². The van der Waals surface area contributed by atoms with Crippen LogP contribution in [0.15, 0.2) is 29.2 Å². The quantitative estimate of drug-likeness (QED) is 0.756. The molecule has 0 spiro atoms. The fourth-order valence-corrected chi connectivity index (χ4v) is 3.27. The Bertz CT molecular complexity index is 509. The van der Waals surface area contributed by atoms with Gasteiger partial charge in [0.15, 0.2) is 0 Å². The number of aliphatic hydroxyl groups is 2. The van der Waals surface area contributed by atoms with Gasteiger partial charge in [0.1, 0.15) is 10.7 Å². The van der Waals surface area contributed by atoms with Crippen molar-refractivity contribution in [2.75, 3.05) is 13.1 Å². The van der Waals surface area contributed by atoms with Crippen LogP contribution in [0.1, 0.15) is 0 Å². The lowest BCUT2D eigenvalue weighted by Gasteiger charge is -2.15. The molecule has 2 N–H and O–H groups in total. The summed E-state index contributed by atoms with van der Waals surface area (Å²) >= 11 is 0. The van der Waals surface area contributed by atoms with E-state index in [1.807, 2.05) is 0 Å². The van der Waals surface area contributed by atoms with Gasteiger partial charge >= 0.3 is 0 Å². The zero-order valence-electron chi connectivity index (χ0n) is 8.82. The van der Waals surface area contributed by atoms with Crippen LogP contribution in [-0.2, 0) is 10.0 Å². The van der Waals surface area contributed by atoms with Gasteiger partial charge in [-0.05, 0) is 12.1 Å². The van der Waals surface area contributed by atoms with Gasteiger partial charge in [-0.2, -0.15) is 4.31 Å². The Morgan fingerprint density at radius 1 is 1.18 bits per heavy atom. The molecule has 0 saturated carbocycles. The van der Waals surface area contributed by atoms with Crippen molar-refractivity contribution in [1.29, 1.82) is 0 Å². The molecule has 7 heteroatoms. The Morgan fingerprint density at radius 3 is 2.24 bits per heavy atom. The zero-order valence-corrected chi connectivity index (χ0v) is 9.64. The molecule has 1 saturated heterocycles. The molecular weight excluding hydrogens is 249 g/mol. The van der Waals surface area contributed by atoms with Crippen LogP contribution in [0.25, 0.3) is 0 Å². The number of hydrogen-bond acceptors (Lipinski definition) is 4. The molecule has 1 aliphatic heterocycles. The summed E-state index contributed by atoms with van der Waals surface area (Å²) in [5.74, 6) is -0.844. The Hall–Kier alpha value is -1.02. The van der Waals surface area contributed by atoms with Crippen LogP contribution in [-0.4, -0.2) is 48.2 Å². The molecule has 2 unspecified atom stereocenters. The Balaban J connectivity index is 2.36. The second kappa shape index (κ2) is 4.34. The van der Waals surface area contributed by atoms with E-state index in [9.17, 15) is 23.0 Å². The molecule has 1 fully saturated rings. The second-order valence-electron chi connectivity index (χ2n) is 3.89. The summed E-state index contributed by atoms with van der Waals surface area (Å²) in [4.78, 5) is -0.443. The van der Waals surface area contributed by atoms with Gasteiger partial charge in [0.25, 0.3) is 0 Å². The maximum absolute atomic E-state index is 13.4. The standard InChI is InChI=1S/C10H12FNO4S/c11-7-3-1-2-4-10(7)17(15,16)12-5-8(13)9(14)6-12/h1-4,8-9,13-14H,5-6H2. The molecule has 17 heavy (non-hydrogen) atoms. The summed E-state index contributed by atoms with van der Waals surface area (Å²) in [6.45, 7) is -0.449. The first-order valence-corrected chi connectivity index (χ1v) is 6.48. The van der Waals surface area contributed by atoms with Gasteiger partial charge in [-0.15, -0.1) is 0 Å². The number of nitrogens with zero attached hydrogens (tertiary/aromatic N) is 1. The highest BCUT2D eigenvalue weighted by Gasteiger charge is 2.38. The molecule has 0 bridgehead atoms. The van der Waals surface area contributed by atoms with Crippen LogP contribution < -0.4 is 0 Å². The van der Waals surface area contributed by atoms with Crippen molar-refractivity contribution >= 4 is 10.0 Å². The largest absolute Gasteiger partial charge is 0.389 e. The van der Waals surface area contributed by atoms with Crippen LogP contribution in [0.5, 0.6) is 0 Å². The van der Waals surface area contributed by atoms with Gasteiger partial charge < -0.3 is 10.2 Å². The molecule has 2 rings (SSSR count). The monoisotopic (exact) mass is 261 g/mol. The normalized spacial score (nSPS) is 26.3. The van der Waals surface area contributed by atoms with Crippen molar-refractivity contribution in [2.24, 2.45) is 0 Å². The van der Waals surface area contributed by atoms with E-state index in [0.717, 1.165) is 16.4 Å². The molecule has 0 aromatic heterocycles. The third-order valence-electron chi connectivity index (χ3n) is 2.68. The van der Waals surface area contributed by atoms with Crippen LogP contribution in [0.4, 0.5) is 4.39 Å². The average Bonchev–Trinajstić information content (AvgIpc) is 2.60. The van der Waals surface area contributed by atoms with Gasteiger partial charge in [0, 0.05) is 13.1 Å². The first-order chi connectivity index (χ1) is 7.93. The number of halogens is 1. The van der Waals surface area contributed by atoms with Crippen LogP contribution in [0.3, 0.4) is 0 Å². The molecular formula is C10H12FNO4S. The Morgan fingerprint density at radius 2 is 1.71 bits per heavy atom. The SMILES string of the molecule is O=S(=O)(c1ccccc1F)N1CC(O)C(O)C1. The van der Waals surface area contributed by atoms with Crippen LogP contribution >= 0.6 is 0 Å². The van der Waals surface area contributed by atoms with E-state index >= 15 is 0 Å². The highest BCUT2D eigenvalue weighted by Crippen LogP contribution is 2.23. The lowest BCUT2D eigenvalue weighted by molar-refractivity contribution is 0.0572. The summed E-state index contributed by atoms with van der Waals surface area (Å²) in [7, 11) is -4.00. The molecule has 0 amide bonds. The van der Waals surface area contributed by atoms with E-state index in [-0.39, 0.29) is 13.1 Å². The molecule has 1 aliphatic rings. The van der Waals surface area contributed by atoms with Crippen molar-refractivity contribution in [3.8, 4) is 0 Å². The predicted octanol–water partition coefficient (Wildman–Crippen LogP) is -0.448. The predicted molar refractivity (Wildman–Crippen MR) is 57.2 cm³/mol. The summed E-state index contributed by atoms with van der Waals surface area (Å²) < 4.78 is 38.3. The van der Waals surface area contributed by atoms with E-state index in [1.54, 1.807) is 0 Å². The summed E-state index contributed by atoms with van der Waals surface area (Å²) in [5, 5.41) is 18.6. The van der Waals surface area contributed by atoms with E-state index < -0.39 is 32.9 Å². The molecule has 1 aromatic rings. The number of hydrogen-bond donors (Lipinski definition) is 2. The zero-order chi connectivity index (χ0) is 12.6. The molecule has 2 atom stereocenters. The van der Waals surface area contributed by atoms with Gasteiger partial charge in [-0.25, -0.2) is 12.8 Å². The molecule has 0 radical (unpaired) electrons. The minimum Gasteiger partial charge on any atom is -0.389 e. The maximum atomic E-state index is 13.4. The van der Waals surface area contributed by atoms with E-state index in [0.29, 0.717) is 0 Å². The third kappa shape index (κ3) is 2.19. The van der Waals surface area contributed by atoms with Crippen molar-refractivity contribution < 1.29 is 23.0 Å². The van der Waals surface area contributed by atoms with Crippen molar-refractivity contribution in [2.45, 2.75) is 17.1 Å². The lowest BCUT2D eigenvalue weighted by atomic mass is 10.3. The Kier molecular flexibility index (Phi) is 3.17. The van der Waals surface area contributed by atoms with E-state index in [1.165, 1.54) is 12.1 Å². The van der Waals surface area contributed by atoms with E-state index in [4.69, 9.17) is 0 Å². The molecule has 94 valence electrons. The number of rotatable bonds is 2. The van der Waals surface area contributed by atoms with Crippen LogP contribution in [0, 0.1) is 5.82 Å². The van der Waals surface area contributed by atoms with Crippen LogP contribution in [0.2, 0.25) is 0 Å². The van der Waals surface area contributed by atoms with Crippen molar-refractivity contribution in [1.82, 2.24) is 4.31 Å². The fourth-order valence-electron chi connectivity index (χ4n) is 1.72. The summed E-state index contributed by atoms with van der Waals surface area (Å²) in [5.41, 5.74) is 0. The summed E-state index contributed by atoms with van der Waals surface area (Å²) in [6, 6.07) is 5.01. The maximum Gasteiger partial charge on any atom is 0.246 e. The number of sulfonamides is 1. The molecule has 1 aromatic carbocycles. The lowest BCUT2D eigenvalue weighted by Crippen LogP contribution is -2.30. The minimum atomic E-state index is -4.00. The van der Waals surface area contributed by atoms with Gasteiger partial charge in [-0.3, -0.25) is 0 Å². The fraction of sp³-hybridized carbons (Fsp3) is 0.400. The number of β-amino-alcohol motifs (C(OH)–C–C–N with tert-alkyl or cyclic N) is 2. The van der Waals surface area contributed by atoms with Gasteiger partial charge in [0.05, 0.1) is 12.2 Å². The highest BCUT2D eigenvalue weighted by atomic mass is 32.2. The highest BCUT2D eigenvalue weighted by molar-refractivity contribution is 7.89. The second-order valence-corrected chi connectivity index (χ2v) is 5.79. The first-order valence-electron chi connectivity index (χ1n) is 5.04. The minimum absolute atomic E-state index is 0.224. The molecule has 5 nitrogen and oxygen atoms in total.